The monoisotopic (exact) mass is 360 g/mol. The average molecular weight is 360 g/mol. The van der Waals surface area contributed by atoms with Gasteiger partial charge in [-0.3, -0.25) is 0 Å². The van der Waals surface area contributed by atoms with Gasteiger partial charge in [-0.2, -0.15) is 0 Å². The summed E-state index contributed by atoms with van der Waals surface area (Å²) in [5.74, 6) is 1.49. The van der Waals surface area contributed by atoms with Crippen LogP contribution in [0.4, 0.5) is 0 Å². The van der Waals surface area contributed by atoms with E-state index in [0.717, 1.165) is 17.5 Å². The molecule has 6 nitrogen and oxygen atoms in total. The van der Waals surface area contributed by atoms with Crippen LogP contribution < -0.4 is 9.47 Å². The predicted molar refractivity (Wildman–Crippen MR) is 95.9 cm³/mol. The normalized spacial score (nSPS) is 11.6. The molecule has 7 heteroatoms. The summed E-state index contributed by atoms with van der Waals surface area (Å²) in [6.07, 6.45) is 1.16. The number of aromatic nitrogens is 2. The van der Waals surface area contributed by atoms with Gasteiger partial charge in [-0.25, -0.2) is 13.4 Å². The third kappa shape index (κ3) is 3.93. The maximum Gasteiger partial charge on any atom is 0.228 e. The van der Waals surface area contributed by atoms with Crippen molar-refractivity contribution in [2.24, 2.45) is 0 Å². The Hall–Kier alpha value is -2.54. The second kappa shape index (κ2) is 7.14. The van der Waals surface area contributed by atoms with E-state index in [1.54, 1.807) is 10.6 Å². The number of imidazole rings is 1. The standard InChI is InChI=1S/C18H20N2O4S/c1-3-23-14-8-10-15(11-9-14)24-13-12-20-17-7-5-4-6-16(17)19-18(20)25(2,21)22/h4-11H,3,12-13H2,1-2H3. The smallest absolute Gasteiger partial charge is 0.228 e. The minimum Gasteiger partial charge on any atom is -0.494 e. The minimum atomic E-state index is -3.42. The maximum absolute atomic E-state index is 12.0. The lowest BCUT2D eigenvalue weighted by Crippen LogP contribution is -2.14. The molecule has 3 aromatic rings. The second-order valence-corrected chi connectivity index (χ2v) is 7.47. The number of benzene rings is 2. The molecular weight excluding hydrogens is 340 g/mol. The van der Waals surface area contributed by atoms with E-state index in [1.165, 1.54) is 0 Å². The fraction of sp³-hybridized carbons (Fsp3) is 0.278. The van der Waals surface area contributed by atoms with Gasteiger partial charge in [0.1, 0.15) is 18.1 Å². The highest BCUT2D eigenvalue weighted by Crippen LogP contribution is 2.20. The van der Waals surface area contributed by atoms with E-state index >= 15 is 0 Å². The highest BCUT2D eigenvalue weighted by Gasteiger charge is 2.19. The molecule has 0 unspecified atom stereocenters. The van der Waals surface area contributed by atoms with Gasteiger partial charge < -0.3 is 14.0 Å². The van der Waals surface area contributed by atoms with Crippen LogP contribution in [0, 0.1) is 0 Å². The van der Waals surface area contributed by atoms with Gasteiger partial charge in [0, 0.05) is 6.26 Å². The van der Waals surface area contributed by atoms with Crippen LogP contribution in [0.3, 0.4) is 0 Å². The van der Waals surface area contributed by atoms with Crippen molar-refractivity contribution >= 4 is 20.9 Å². The van der Waals surface area contributed by atoms with E-state index in [1.807, 2.05) is 49.4 Å². The summed E-state index contributed by atoms with van der Waals surface area (Å²) in [6.45, 7) is 3.26. The molecule has 0 saturated carbocycles. The number of nitrogens with zero attached hydrogens (tertiary/aromatic N) is 2. The molecule has 0 aliphatic carbocycles. The van der Waals surface area contributed by atoms with Crippen LogP contribution in [0.1, 0.15) is 6.92 Å². The SMILES string of the molecule is CCOc1ccc(OCCn2c(S(C)(=O)=O)nc3ccccc32)cc1. The van der Waals surface area contributed by atoms with Crippen molar-refractivity contribution in [3.8, 4) is 11.5 Å². The Morgan fingerprint density at radius 2 is 1.64 bits per heavy atom. The Kier molecular flexibility index (Phi) is 4.94. The highest BCUT2D eigenvalue weighted by molar-refractivity contribution is 7.90. The fourth-order valence-corrected chi connectivity index (χ4v) is 3.46. The third-order valence-corrected chi connectivity index (χ3v) is 4.64. The quantitative estimate of drug-likeness (QED) is 0.648. The van der Waals surface area contributed by atoms with Gasteiger partial charge >= 0.3 is 0 Å². The van der Waals surface area contributed by atoms with Crippen LogP contribution >= 0.6 is 0 Å². The molecule has 0 fully saturated rings. The second-order valence-electron chi connectivity index (χ2n) is 5.56. The summed E-state index contributed by atoms with van der Waals surface area (Å²) in [7, 11) is -3.42. The zero-order valence-electron chi connectivity index (χ0n) is 14.2. The number of sulfone groups is 1. The molecule has 0 bridgehead atoms. The van der Waals surface area contributed by atoms with Gasteiger partial charge in [-0.15, -0.1) is 0 Å². The van der Waals surface area contributed by atoms with Gasteiger partial charge in [0.05, 0.1) is 24.2 Å². The van der Waals surface area contributed by atoms with E-state index in [2.05, 4.69) is 4.98 Å². The van der Waals surface area contributed by atoms with Gasteiger partial charge in [0.15, 0.2) is 0 Å². The van der Waals surface area contributed by atoms with Crippen molar-refractivity contribution in [3.63, 3.8) is 0 Å². The third-order valence-electron chi connectivity index (χ3n) is 3.67. The Morgan fingerprint density at radius 1 is 1.00 bits per heavy atom. The average Bonchev–Trinajstić information content (AvgIpc) is 2.96. The molecule has 0 N–H and O–H groups in total. The molecule has 0 saturated heterocycles. The molecule has 0 aliphatic heterocycles. The topological polar surface area (TPSA) is 70.4 Å². The molecule has 1 aromatic heterocycles. The molecule has 0 aliphatic rings. The van der Waals surface area contributed by atoms with Crippen molar-refractivity contribution in [1.29, 1.82) is 0 Å². The molecule has 2 aromatic carbocycles. The first-order chi connectivity index (χ1) is 12.0. The Labute approximate surface area is 146 Å². The van der Waals surface area contributed by atoms with Crippen molar-refractivity contribution in [2.45, 2.75) is 18.6 Å². The lowest BCUT2D eigenvalue weighted by Gasteiger charge is -2.10. The summed E-state index contributed by atoms with van der Waals surface area (Å²) >= 11 is 0. The Balaban J connectivity index is 1.76. The largest absolute Gasteiger partial charge is 0.494 e. The van der Waals surface area contributed by atoms with Crippen molar-refractivity contribution < 1.29 is 17.9 Å². The van der Waals surface area contributed by atoms with E-state index in [0.29, 0.717) is 31.0 Å². The molecule has 3 rings (SSSR count). The zero-order valence-corrected chi connectivity index (χ0v) is 15.0. The lowest BCUT2D eigenvalue weighted by atomic mass is 10.3. The first-order valence-electron chi connectivity index (χ1n) is 8.00. The summed E-state index contributed by atoms with van der Waals surface area (Å²) in [6, 6.07) is 14.7. The molecule has 1 heterocycles. The molecule has 0 atom stereocenters. The number of hydrogen-bond acceptors (Lipinski definition) is 5. The summed E-state index contributed by atoms with van der Waals surface area (Å²) < 4.78 is 36.8. The van der Waals surface area contributed by atoms with Crippen LogP contribution in [0.2, 0.25) is 0 Å². The number of rotatable bonds is 7. The van der Waals surface area contributed by atoms with Crippen LogP contribution in [0.5, 0.6) is 11.5 Å². The summed E-state index contributed by atoms with van der Waals surface area (Å²) in [4.78, 5) is 4.24. The van der Waals surface area contributed by atoms with Gasteiger partial charge in [0.2, 0.25) is 15.0 Å². The molecule has 0 spiro atoms. The molecule has 0 radical (unpaired) electrons. The van der Waals surface area contributed by atoms with Crippen molar-refractivity contribution in [2.75, 3.05) is 19.5 Å². The van der Waals surface area contributed by atoms with Gasteiger partial charge in [-0.05, 0) is 43.3 Å². The van der Waals surface area contributed by atoms with Crippen LogP contribution in [0.25, 0.3) is 11.0 Å². The van der Waals surface area contributed by atoms with Gasteiger partial charge in [-0.1, -0.05) is 12.1 Å². The van der Waals surface area contributed by atoms with Gasteiger partial charge in [0.25, 0.3) is 0 Å². The minimum absolute atomic E-state index is 0.0593. The number of fused-ring (bicyclic) bond motifs is 1. The predicted octanol–water partition coefficient (Wildman–Crippen LogP) is 2.92. The fourth-order valence-electron chi connectivity index (χ4n) is 2.61. The Morgan fingerprint density at radius 3 is 2.28 bits per heavy atom. The molecule has 25 heavy (non-hydrogen) atoms. The highest BCUT2D eigenvalue weighted by atomic mass is 32.2. The summed E-state index contributed by atoms with van der Waals surface area (Å²) in [5, 5.41) is 0.0593. The molecular formula is C18H20N2O4S. The molecule has 132 valence electrons. The zero-order chi connectivity index (χ0) is 17.9. The maximum atomic E-state index is 12.0. The number of para-hydroxylation sites is 2. The van der Waals surface area contributed by atoms with Crippen LogP contribution in [-0.4, -0.2) is 37.4 Å². The lowest BCUT2D eigenvalue weighted by molar-refractivity contribution is 0.293. The van der Waals surface area contributed by atoms with Crippen LogP contribution in [0.15, 0.2) is 53.7 Å². The Bertz CT molecular complexity index is 962. The van der Waals surface area contributed by atoms with Crippen molar-refractivity contribution in [3.05, 3.63) is 48.5 Å². The molecule has 0 amide bonds. The van der Waals surface area contributed by atoms with E-state index < -0.39 is 9.84 Å². The first-order valence-corrected chi connectivity index (χ1v) is 9.89. The van der Waals surface area contributed by atoms with E-state index in [-0.39, 0.29) is 5.16 Å². The van der Waals surface area contributed by atoms with E-state index in [9.17, 15) is 8.42 Å². The van der Waals surface area contributed by atoms with Crippen LogP contribution in [-0.2, 0) is 16.4 Å². The first kappa shape index (κ1) is 17.3. The van der Waals surface area contributed by atoms with Crippen molar-refractivity contribution in [1.82, 2.24) is 9.55 Å². The number of ether oxygens (including phenoxy) is 2. The summed E-state index contributed by atoms with van der Waals surface area (Å²) in [5.41, 5.74) is 1.43. The van der Waals surface area contributed by atoms with E-state index in [4.69, 9.17) is 9.47 Å². The number of hydrogen-bond donors (Lipinski definition) is 0.